The molecule has 3 N–H and O–H groups in total. The molecule has 2 aliphatic rings. The number of carboxylic acid groups (broad SMARTS) is 3. The highest BCUT2D eigenvalue weighted by molar-refractivity contribution is 7.07. The van der Waals surface area contributed by atoms with Gasteiger partial charge in [0.2, 0.25) is 5.91 Å². The minimum absolute atomic E-state index is 0.126. The van der Waals surface area contributed by atoms with Gasteiger partial charge in [-0.25, -0.2) is 19.4 Å². The highest BCUT2D eigenvalue weighted by atomic mass is 32.1. The minimum atomic E-state index is -5.08. The van der Waals surface area contributed by atoms with Gasteiger partial charge in [0.05, 0.1) is 17.4 Å². The topological polar surface area (TPSA) is 166 Å². The van der Waals surface area contributed by atoms with E-state index in [0.717, 1.165) is 43.9 Å². The lowest BCUT2D eigenvalue weighted by atomic mass is 9.75. The second-order valence-electron chi connectivity index (χ2n) is 11.6. The van der Waals surface area contributed by atoms with Gasteiger partial charge in [0, 0.05) is 63.3 Å². The summed E-state index contributed by atoms with van der Waals surface area (Å²) in [5.74, 6) is -7.87. The number of carbonyl (C=O) groups excluding carboxylic acids is 1. The van der Waals surface area contributed by atoms with E-state index < -0.39 is 36.4 Å². The molecule has 2 unspecified atom stereocenters. The quantitative estimate of drug-likeness (QED) is 0.259. The van der Waals surface area contributed by atoms with Crippen molar-refractivity contribution in [1.29, 1.82) is 0 Å². The highest BCUT2D eigenvalue weighted by Gasteiger charge is 2.57. The van der Waals surface area contributed by atoms with Gasteiger partial charge in [-0.15, -0.1) is 0 Å². The first kappa shape index (κ1) is 43.4. The number of hydrogen-bond acceptors (Lipinski definition) is 8. The van der Waals surface area contributed by atoms with Gasteiger partial charge in [0.25, 0.3) is 0 Å². The Morgan fingerprint density at radius 2 is 1.40 bits per heavy atom. The predicted molar refractivity (Wildman–Crippen MR) is 163 cm³/mol. The minimum Gasteiger partial charge on any atom is -0.475 e. The molecule has 288 valence electrons. The zero-order chi connectivity index (χ0) is 39.7. The molecule has 3 aromatic rings. The Kier molecular flexibility index (Phi) is 14.8. The third-order valence-electron chi connectivity index (χ3n) is 7.57. The van der Waals surface area contributed by atoms with Gasteiger partial charge in [-0.2, -0.15) is 50.9 Å². The molecule has 0 radical (unpaired) electrons. The standard InChI is InChI=1S/C24H29N5OS.3C2HF3O2/c1-18(2)29-14-22(26-17-29)21-13-27(11-20-5-10-31-15-20)16-24(21)6-9-28(23(24)30)12-19-3-7-25-8-4-19;3*3-2(4,5)1(6)7/h3-5,7-8,10,14-15,17-18,21H,6,9,11-13,16H2,1-2H3;3*(H,6,7). The number of pyridine rings is 1. The maximum Gasteiger partial charge on any atom is 0.490 e. The van der Waals surface area contributed by atoms with Crippen molar-refractivity contribution in [3.8, 4) is 0 Å². The summed E-state index contributed by atoms with van der Waals surface area (Å²) in [6.07, 6.45) is -6.69. The zero-order valence-electron chi connectivity index (χ0n) is 27.1. The molecule has 1 amide bonds. The Hall–Kier alpha value is -4.73. The van der Waals surface area contributed by atoms with Crippen LogP contribution >= 0.6 is 11.3 Å². The Morgan fingerprint density at radius 1 is 0.885 bits per heavy atom. The summed E-state index contributed by atoms with van der Waals surface area (Å²) in [6.45, 7) is 8.35. The summed E-state index contributed by atoms with van der Waals surface area (Å²) in [5.41, 5.74) is 3.13. The van der Waals surface area contributed by atoms with Crippen molar-refractivity contribution < 1.29 is 74.0 Å². The molecular weight excluding hydrogens is 745 g/mol. The molecule has 2 atom stereocenters. The van der Waals surface area contributed by atoms with Gasteiger partial charge < -0.3 is 24.8 Å². The molecule has 2 aliphatic heterocycles. The van der Waals surface area contributed by atoms with E-state index in [0.29, 0.717) is 12.6 Å². The van der Waals surface area contributed by atoms with Crippen LogP contribution in [-0.4, -0.2) is 102 Å². The van der Waals surface area contributed by atoms with E-state index in [4.69, 9.17) is 34.7 Å². The van der Waals surface area contributed by atoms with Crippen LogP contribution in [0.25, 0.3) is 0 Å². The summed E-state index contributed by atoms with van der Waals surface area (Å²) in [6, 6.07) is 6.54. The Bertz CT molecular complexity index is 1580. The highest BCUT2D eigenvalue weighted by Crippen LogP contribution is 2.50. The van der Waals surface area contributed by atoms with Crippen molar-refractivity contribution >= 4 is 35.2 Å². The number of nitrogens with zero attached hydrogens (tertiary/aromatic N) is 5. The third-order valence-corrected chi connectivity index (χ3v) is 8.30. The number of thiophene rings is 1. The average Bonchev–Trinajstić information content (AvgIpc) is 3.84. The number of amides is 1. The van der Waals surface area contributed by atoms with E-state index in [9.17, 15) is 44.3 Å². The first-order valence-electron chi connectivity index (χ1n) is 14.7. The van der Waals surface area contributed by atoms with E-state index in [1.165, 1.54) is 5.56 Å². The van der Waals surface area contributed by atoms with Gasteiger partial charge >= 0.3 is 36.4 Å². The largest absolute Gasteiger partial charge is 0.490 e. The zero-order valence-corrected chi connectivity index (χ0v) is 27.9. The average molecular weight is 778 g/mol. The molecule has 0 saturated carbocycles. The van der Waals surface area contributed by atoms with E-state index in [-0.39, 0.29) is 17.2 Å². The molecule has 0 aliphatic carbocycles. The SMILES string of the molecule is CC(C)n1cnc(C2CN(Cc3ccsc3)CC23CCN(Cc2ccncc2)C3=O)c1.O=C(O)C(F)(F)F.O=C(O)C(F)(F)F.O=C(O)C(F)(F)F. The number of halogens is 9. The van der Waals surface area contributed by atoms with Crippen LogP contribution in [0.3, 0.4) is 0 Å². The lowest BCUT2D eigenvalue weighted by Gasteiger charge is -2.28. The number of likely N-dealkylation sites (tertiary alicyclic amines) is 2. The second-order valence-corrected chi connectivity index (χ2v) is 12.4. The van der Waals surface area contributed by atoms with Crippen LogP contribution < -0.4 is 0 Å². The molecule has 2 fully saturated rings. The lowest BCUT2D eigenvalue weighted by Crippen LogP contribution is -2.39. The van der Waals surface area contributed by atoms with Crippen molar-refractivity contribution in [3.63, 3.8) is 0 Å². The molecule has 0 bridgehead atoms. The number of alkyl halides is 9. The van der Waals surface area contributed by atoms with Crippen molar-refractivity contribution in [2.45, 2.75) is 63.8 Å². The fraction of sp³-hybridized carbons (Fsp3) is 0.467. The first-order valence-corrected chi connectivity index (χ1v) is 15.7. The normalized spacial score (nSPS) is 19.0. The Morgan fingerprint density at radius 3 is 1.83 bits per heavy atom. The molecule has 5 heterocycles. The van der Waals surface area contributed by atoms with E-state index >= 15 is 0 Å². The molecule has 3 aromatic heterocycles. The third kappa shape index (κ3) is 12.5. The fourth-order valence-corrected chi connectivity index (χ4v) is 5.81. The lowest BCUT2D eigenvalue weighted by molar-refractivity contribution is -0.193. The summed E-state index contributed by atoms with van der Waals surface area (Å²) >= 11 is 1.73. The van der Waals surface area contributed by atoms with Crippen molar-refractivity contribution in [1.82, 2.24) is 24.3 Å². The molecule has 5 rings (SSSR count). The molecule has 1 spiro atoms. The van der Waals surface area contributed by atoms with Crippen LogP contribution in [0.15, 0.2) is 53.9 Å². The van der Waals surface area contributed by atoms with Gasteiger partial charge in [-0.05, 0) is 60.4 Å². The molecule has 22 heteroatoms. The second kappa shape index (κ2) is 17.7. The van der Waals surface area contributed by atoms with Crippen LogP contribution in [-0.2, 0) is 32.3 Å². The summed E-state index contributed by atoms with van der Waals surface area (Å²) in [7, 11) is 0. The Balaban J connectivity index is 0.000000365. The van der Waals surface area contributed by atoms with Crippen LogP contribution in [0.1, 0.15) is 49.0 Å². The van der Waals surface area contributed by atoms with Crippen molar-refractivity contribution in [3.05, 3.63) is 70.7 Å². The first-order chi connectivity index (χ1) is 23.9. The number of rotatable bonds is 6. The number of imidazole rings is 1. The van der Waals surface area contributed by atoms with Crippen molar-refractivity contribution in [2.24, 2.45) is 5.41 Å². The maximum absolute atomic E-state index is 13.9. The van der Waals surface area contributed by atoms with Gasteiger partial charge in [0.15, 0.2) is 0 Å². The fourth-order valence-electron chi connectivity index (χ4n) is 5.15. The van der Waals surface area contributed by atoms with Gasteiger partial charge in [-0.3, -0.25) is 14.7 Å². The summed E-state index contributed by atoms with van der Waals surface area (Å²) < 4.78 is 97.4. The number of carbonyl (C=O) groups is 4. The summed E-state index contributed by atoms with van der Waals surface area (Å²) in [5, 5.41) is 25.7. The van der Waals surface area contributed by atoms with Gasteiger partial charge in [-0.1, -0.05) is 0 Å². The van der Waals surface area contributed by atoms with Crippen molar-refractivity contribution in [2.75, 3.05) is 19.6 Å². The van der Waals surface area contributed by atoms with E-state index in [2.05, 4.69) is 51.3 Å². The maximum atomic E-state index is 13.9. The smallest absolute Gasteiger partial charge is 0.475 e. The number of aromatic nitrogens is 3. The van der Waals surface area contributed by atoms with Crippen LogP contribution in [0.4, 0.5) is 39.5 Å². The van der Waals surface area contributed by atoms with E-state index in [1.807, 2.05) is 23.4 Å². The number of aliphatic carboxylic acids is 3. The Labute approximate surface area is 293 Å². The molecule has 2 saturated heterocycles. The monoisotopic (exact) mass is 777 g/mol. The molecule has 0 aromatic carbocycles. The molecular formula is C30H32F9N5O7S. The molecule has 12 nitrogen and oxygen atoms in total. The van der Waals surface area contributed by atoms with Gasteiger partial charge in [0.1, 0.15) is 0 Å². The summed E-state index contributed by atoms with van der Waals surface area (Å²) in [4.78, 5) is 53.9. The number of carboxylic acids is 3. The van der Waals surface area contributed by atoms with E-state index in [1.54, 1.807) is 23.7 Å². The number of hydrogen-bond donors (Lipinski definition) is 3. The molecule has 52 heavy (non-hydrogen) atoms. The van der Waals surface area contributed by atoms with Crippen LogP contribution in [0, 0.1) is 5.41 Å². The van der Waals surface area contributed by atoms with Crippen LogP contribution in [0.2, 0.25) is 0 Å². The van der Waals surface area contributed by atoms with Crippen LogP contribution in [0.5, 0.6) is 0 Å². The predicted octanol–water partition coefficient (Wildman–Crippen LogP) is 5.84.